The minimum Gasteiger partial charge on any atom is -0.494 e. The molecule has 3 rings (SSSR count). The number of aryl methyl sites for hydroxylation is 1. The summed E-state index contributed by atoms with van der Waals surface area (Å²) in [5.74, 6) is 1.02. The van der Waals surface area contributed by atoms with Gasteiger partial charge in [0, 0.05) is 38.2 Å². The van der Waals surface area contributed by atoms with Gasteiger partial charge in [0.2, 0.25) is 5.91 Å². The second-order valence-electron chi connectivity index (χ2n) is 9.62. The van der Waals surface area contributed by atoms with E-state index in [1.807, 2.05) is 65.3 Å². The summed E-state index contributed by atoms with van der Waals surface area (Å²) in [6, 6.07) is 15.9. The number of benzene rings is 2. The molecule has 0 unspecified atom stereocenters. The summed E-state index contributed by atoms with van der Waals surface area (Å²) in [7, 11) is 0. The Balaban J connectivity index is 1.45. The monoisotopic (exact) mass is 436 g/mol. The molecule has 0 aliphatic carbocycles. The van der Waals surface area contributed by atoms with Crippen LogP contribution in [0.4, 0.5) is 0 Å². The van der Waals surface area contributed by atoms with Crippen molar-refractivity contribution in [2.75, 3.05) is 32.8 Å². The molecular weight excluding hydrogens is 400 g/mol. The molecule has 0 saturated carbocycles. The van der Waals surface area contributed by atoms with E-state index in [4.69, 9.17) is 4.74 Å². The van der Waals surface area contributed by atoms with E-state index in [0.717, 1.165) is 12.2 Å². The van der Waals surface area contributed by atoms with Crippen LogP contribution in [0.2, 0.25) is 0 Å². The Morgan fingerprint density at radius 1 is 0.875 bits per heavy atom. The maximum absolute atomic E-state index is 13.0. The van der Waals surface area contributed by atoms with E-state index in [0.29, 0.717) is 51.2 Å². The molecule has 1 fully saturated rings. The van der Waals surface area contributed by atoms with E-state index in [2.05, 4.69) is 20.8 Å². The number of rotatable bonds is 6. The third-order valence-corrected chi connectivity index (χ3v) is 5.96. The Morgan fingerprint density at radius 2 is 1.50 bits per heavy atom. The first-order chi connectivity index (χ1) is 15.2. The lowest BCUT2D eigenvalue weighted by Gasteiger charge is -2.23. The molecule has 0 aromatic heterocycles. The minimum absolute atomic E-state index is 0.0475. The van der Waals surface area contributed by atoms with Gasteiger partial charge in [0.1, 0.15) is 5.75 Å². The molecule has 2 aromatic rings. The van der Waals surface area contributed by atoms with E-state index in [1.165, 1.54) is 11.1 Å². The Bertz CT molecular complexity index is 898. The Hall–Kier alpha value is -2.82. The van der Waals surface area contributed by atoms with E-state index < -0.39 is 0 Å². The zero-order chi connectivity index (χ0) is 23.1. The number of ether oxygens (including phenoxy) is 1. The normalized spacial score (nSPS) is 14.8. The smallest absolute Gasteiger partial charge is 0.253 e. The van der Waals surface area contributed by atoms with Crippen LogP contribution < -0.4 is 4.74 Å². The van der Waals surface area contributed by atoms with Crippen LogP contribution in [-0.4, -0.2) is 54.4 Å². The SMILES string of the molecule is Cc1ccc(OCCCC(=O)N2CCCN(C(=O)c3ccc(C(C)(C)C)cc3)CC2)cc1. The van der Waals surface area contributed by atoms with Gasteiger partial charge in [0.15, 0.2) is 0 Å². The lowest BCUT2D eigenvalue weighted by molar-refractivity contribution is -0.131. The number of hydrogen-bond donors (Lipinski definition) is 0. The fraction of sp³-hybridized carbons (Fsp3) is 0.481. The van der Waals surface area contributed by atoms with Crippen molar-refractivity contribution in [1.29, 1.82) is 0 Å². The van der Waals surface area contributed by atoms with Crippen LogP contribution in [-0.2, 0) is 10.2 Å². The van der Waals surface area contributed by atoms with Crippen molar-refractivity contribution >= 4 is 11.8 Å². The summed E-state index contributed by atoms with van der Waals surface area (Å²) in [4.78, 5) is 29.4. The van der Waals surface area contributed by atoms with Gasteiger partial charge in [0.05, 0.1) is 6.61 Å². The summed E-state index contributed by atoms with van der Waals surface area (Å²) >= 11 is 0. The zero-order valence-corrected chi connectivity index (χ0v) is 19.9. The third-order valence-electron chi connectivity index (χ3n) is 5.96. The van der Waals surface area contributed by atoms with Gasteiger partial charge in [-0.3, -0.25) is 9.59 Å². The van der Waals surface area contributed by atoms with Gasteiger partial charge < -0.3 is 14.5 Å². The molecule has 0 N–H and O–H groups in total. The fourth-order valence-corrected chi connectivity index (χ4v) is 3.87. The van der Waals surface area contributed by atoms with E-state index >= 15 is 0 Å². The van der Waals surface area contributed by atoms with Crippen molar-refractivity contribution in [3.63, 3.8) is 0 Å². The van der Waals surface area contributed by atoms with Gasteiger partial charge in [-0.2, -0.15) is 0 Å². The number of nitrogens with zero attached hydrogens (tertiary/aromatic N) is 2. The van der Waals surface area contributed by atoms with Crippen molar-refractivity contribution in [1.82, 2.24) is 9.80 Å². The van der Waals surface area contributed by atoms with Crippen LogP contribution in [0, 0.1) is 6.92 Å². The van der Waals surface area contributed by atoms with Gasteiger partial charge in [-0.15, -0.1) is 0 Å². The second-order valence-corrected chi connectivity index (χ2v) is 9.62. The largest absolute Gasteiger partial charge is 0.494 e. The van der Waals surface area contributed by atoms with E-state index in [1.54, 1.807) is 0 Å². The number of carbonyl (C=O) groups is 2. The Kier molecular flexibility index (Phi) is 7.94. The molecule has 1 aliphatic heterocycles. The summed E-state index contributed by atoms with van der Waals surface area (Å²) in [6.45, 7) is 11.6. The van der Waals surface area contributed by atoms with Gasteiger partial charge in [-0.1, -0.05) is 50.6 Å². The molecule has 1 saturated heterocycles. The predicted octanol–water partition coefficient (Wildman–Crippen LogP) is 4.83. The van der Waals surface area contributed by atoms with E-state index in [9.17, 15) is 9.59 Å². The van der Waals surface area contributed by atoms with Crippen LogP contribution in [0.1, 0.15) is 61.5 Å². The van der Waals surface area contributed by atoms with Crippen LogP contribution in [0.15, 0.2) is 48.5 Å². The highest BCUT2D eigenvalue weighted by Crippen LogP contribution is 2.23. The molecule has 0 radical (unpaired) electrons. The molecule has 2 aromatic carbocycles. The molecule has 2 amide bonds. The highest BCUT2D eigenvalue weighted by molar-refractivity contribution is 5.94. The van der Waals surface area contributed by atoms with Gasteiger partial charge in [-0.25, -0.2) is 0 Å². The molecule has 172 valence electrons. The maximum atomic E-state index is 13.0. The first-order valence-corrected chi connectivity index (χ1v) is 11.6. The summed E-state index contributed by atoms with van der Waals surface area (Å²) in [6.07, 6.45) is 1.96. The van der Waals surface area contributed by atoms with Crippen molar-refractivity contribution in [2.24, 2.45) is 0 Å². The first-order valence-electron chi connectivity index (χ1n) is 11.6. The predicted molar refractivity (Wildman–Crippen MR) is 128 cm³/mol. The topological polar surface area (TPSA) is 49.9 Å². The minimum atomic E-state index is 0.0475. The third kappa shape index (κ3) is 6.59. The van der Waals surface area contributed by atoms with Crippen LogP contribution in [0.5, 0.6) is 5.75 Å². The zero-order valence-electron chi connectivity index (χ0n) is 19.9. The number of hydrogen-bond acceptors (Lipinski definition) is 3. The number of carbonyl (C=O) groups excluding carboxylic acids is 2. The maximum Gasteiger partial charge on any atom is 0.253 e. The summed E-state index contributed by atoms with van der Waals surface area (Å²) in [5.41, 5.74) is 3.19. The molecule has 32 heavy (non-hydrogen) atoms. The molecule has 0 spiro atoms. The first kappa shape index (κ1) is 23.8. The highest BCUT2D eigenvalue weighted by atomic mass is 16.5. The molecule has 5 heteroatoms. The van der Waals surface area contributed by atoms with Crippen molar-refractivity contribution in [3.8, 4) is 5.75 Å². The molecule has 0 bridgehead atoms. The lowest BCUT2D eigenvalue weighted by Crippen LogP contribution is -2.37. The molecule has 1 aliphatic rings. The average molecular weight is 437 g/mol. The van der Waals surface area contributed by atoms with Gasteiger partial charge in [-0.05, 0) is 55.0 Å². The van der Waals surface area contributed by atoms with Gasteiger partial charge >= 0.3 is 0 Å². The standard InChI is InChI=1S/C27H36N2O3/c1-21-8-14-24(15-9-21)32-20-5-7-25(30)28-16-6-17-29(19-18-28)26(31)22-10-12-23(13-11-22)27(2,3)4/h8-15H,5-7,16-20H2,1-4H3. The summed E-state index contributed by atoms with van der Waals surface area (Å²) < 4.78 is 5.73. The average Bonchev–Trinajstić information content (AvgIpc) is 3.03. The van der Waals surface area contributed by atoms with Crippen LogP contribution in [0.3, 0.4) is 0 Å². The lowest BCUT2D eigenvalue weighted by atomic mass is 9.86. The fourth-order valence-electron chi connectivity index (χ4n) is 3.87. The van der Waals surface area contributed by atoms with Crippen molar-refractivity contribution < 1.29 is 14.3 Å². The van der Waals surface area contributed by atoms with Crippen molar-refractivity contribution in [3.05, 3.63) is 65.2 Å². The van der Waals surface area contributed by atoms with Crippen LogP contribution >= 0.6 is 0 Å². The number of amides is 2. The highest BCUT2D eigenvalue weighted by Gasteiger charge is 2.23. The molecule has 0 atom stereocenters. The van der Waals surface area contributed by atoms with Crippen molar-refractivity contribution in [2.45, 2.75) is 52.4 Å². The second kappa shape index (κ2) is 10.7. The Morgan fingerprint density at radius 3 is 2.16 bits per heavy atom. The molecular formula is C27H36N2O3. The van der Waals surface area contributed by atoms with Gasteiger partial charge in [0.25, 0.3) is 5.91 Å². The summed E-state index contributed by atoms with van der Waals surface area (Å²) in [5, 5.41) is 0. The molecule has 5 nitrogen and oxygen atoms in total. The quantitative estimate of drug-likeness (QED) is 0.610. The Labute approximate surface area is 192 Å². The van der Waals surface area contributed by atoms with E-state index in [-0.39, 0.29) is 17.2 Å². The van der Waals surface area contributed by atoms with Crippen LogP contribution in [0.25, 0.3) is 0 Å². The molecule has 1 heterocycles.